The van der Waals surface area contributed by atoms with E-state index in [9.17, 15) is 9.90 Å². The maximum atomic E-state index is 12.3. The number of hydrogen-bond donors (Lipinski definition) is 1. The van der Waals surface area contributed by atoms with E-state index in [0.29, 0.717) is 19.2 Å². The minimum atomic E-state index is -0.0381. The molecule has 0 radical (unpaired) electrons. The number of halogens is 1. The fraction of sp³-hybridized carbons (Fsp3) is 0.884. The maximum absolute atomic E-state index is 12.3. The zero-order valence-corrected chi connectivity index (χ0v) is 33.5. The van der Waals surface area contributed by atoms with Gasteiger partial charge >= 0.3 is 5.97 Å². The zero-order valence-electron chi connectivity index (χ0n) is 32.7. The van der Waals surface area contributed by atoms with Gasteiger partial charge in [0.05, 0.1) is 12.8 Å². The molecule has 1 aliphatic heterocycles. The third-order valence-electron chi connectivity index (χ3n) is 10.2. The van der Waals surface area contributed by atoms with E-state index in [4.69, 9.17) is 4.74 Å². The number of ether oxygens (including phenoxy) is 1. The van der Waals surface area contributed by atoms with Crippen LogP contribution in [0.4, 0.5) is 0 Å². The van der Waals surface area contributed by atoms with Crippen molar-refractivity contribution in [3.05, 3.63) is 24.3 Å². The first kappa shape index (κ1) is 48.1. The van der Waals surface area contributed by atoms with Crippen molar-refractivity contribution in [2.75, 3.05) is 39.4 Å². The molecule has 0 aromatic heterocycles. The first-order valence-corrected chi connectivity index (χ1v) is 21.3. The number of carbonyl (C=O) groups is 1. The van der Waals surface area contributed by atoms with Crippen LogP contribution in [-0.4, -0.2) is 66.4 Å². The summed E-state index contributed by atoms with van der Waals surface area (Å²) < 4.78 is 5.64. The molecule has 1 heterocycles. The molecule has 1 rings (SSSR count). The Labute approximate surface area is 311 Å². The summed E-state index contributed by atoms with van der Waals surface area (Å²) >= 11 is 0. The fourth-order valence-electron chi connectivity index (χ4n) is 7.06. The van der Waals surface area contributed by atoms with E-state index in [1.54, 1.807) is 0 Å². The molecule has 0 bridgehead atoms. The lowest BCUT2D eigenvalue weighted by Crippen LogP contribution is -2.41. The van der Waals surface area contributed by atoms with E-state index in [2.05, 4.69) is 48.0 Å². The number of aliphatic hydroxyl groups is 1. The number of nitrogens with zero attached hydrogens (tertiary/aromatic N) is 2. The summed E-state index contributed by atoms with van der Waals surface area (Å²) in [7, 11) is 0. The minimum Gasteiger partial charge on any atom is -0.464 e. The van der Waals surface area contributed by atoms with Crippen LogP contribution in [0.3, 0.4) is 0 Å². The van der Waals surface area contributed by atoms with Crippen LogP contribution < -0.4 is 0 Å². The third kappa shape index (κ3) is 30.5. The van der Waals surface area contributed by atoms with Crippen molar-refractivity contribution < 1.29 is 14.6 Å². The average Bonchev–Trinajstić information content (AvgIpc) is 3.47. The topological polar surface area (TPSA) is 53.0 Å². The molecule has 0 aromatic carbocycles. The van der Waals surface area contributed by atoms with E-state index in [0.717, 1.165) is 45.4 Å². The van der Waals surface area contributed by atoms with Crippen LogP contribution in [0.5, 0.6) is 0 Å². The highest BCUT2D eigenvalue weighted by molar-refractivity contribution is 5.85. The van der Waals surface area contributed by atoms with Crippen LogP contribution >= 0.6 is 12.4 Å². The van der Waals surface area contributed by atoms with Crippen molar-refractivity contribution in [1.29, 1.82) is 0 Å². The first-order valence-electron chi connectivity index (χ1n) is 21.3. The Morgan fingerprint density at radius 3 is 1.41 bits per heavy atom. The molecule has 1 unspecified atom stereocenters. The molecule has 5 nitrogen and oxygen atoms in total. The molecule has 0 amide bonds. The molecule has 0 aromatic rings. The number of hydrogen-bond acceptors (Lipinski definition) is 5. The van der Waals surface area contributed by atoms with Gasteiger partial charge in [0.15, 0.2) is 0 Å². The highest BCUT2D eigenvalue weighted by atomic mass is 35.5. The van der Waals surface area contributed by atoms with Gasteiger partial charge in [-0.25, -0.2) is 0 Å². The summed E-state index contributed by atoms with van der Waals surface area (Å²) in [6.07, 6.45) is 46.8. The molecule has 49 heavy (non-hydrogen) atoms. The van der Waals surface area contributed by atoms with Gasteiger partial charge in [-0.3, -0.25) is 14.6 Å². The fourth-order valence-corrected chi connectivity index (χ4v) is 7.06. The Morgan fingerprint density at radius 1 is 0.571 bits per heavy atom. The lowest BCUT2D eigenvalue weighted by molar-refractivity contribution is -0.144. The van der Waals surface area contributed by atoms with E-state index < -0.39 is 0 Å². The predicted molar refractivity (Wildman–Crippen MR) is 216 cm³/mol. The predicted octanol–water partition coefficient (Wildman–Crippen LogP) is 12.4. The monoisotopic (exact) mass is 711 g/mol. The summed E-state index contributed by atoms with van der Waals surface area (Å²) in [5.41, 5.74) is 0. The van der Waals surface area contributed by atoms with Gasteiger partial charge in [0.2, 0.25) is 0 Å². The Kier molecular flexibility index (Phi) is 37.7. The number of carbonyl (C=O) groups excluding carboxylic acids is 1. The zero-order chi connectivity index (χ0) is 34.6. The van der Waals surface area contributed by atoms with Gasteiger partial charge in [-0.1, -0.05) is 154 Å². The van der Waals surface area contributed by atoms with E-state index >= 15 is 0 Å². The van der Waals surface area contributed by atoms with Gasteiger partial charge in [0, 0.05) is 32.6 Å². The highest BCUT2D eigenvalue weighted by Gasteiger charge is 2.30. The lowest BCUT2D eigenvalue weighted by Gasteiger charge is -2.30. The molecule has 0 saturated carbocycles. The molecule has 0 aliphatic carbocycles. The maximum Gasteiger partial charge on any atom is 0.305 e. The summed E-state index contributed by atoms with van der Waals surface area (Å²) in [5.74, 6) is -0.0381. The number of aliphatic hydroxyl groups excluding tert-OH is 1. The van der Waals surface area contributed by atoms with Gasteiger partial charge in [0.1, 0.15) is 6.61 Å². The number of rotatable bonds is 36. The van der Waals surface area contributed by atoms with E-state index in [1.165, 1.54) is 161 Å². The summed E-state index contributed by atoms with van der Waals surface area (Å²) in [6, 6.07) is 0. The molecular formula is C43H83ClN2O3. The van der Waals surface area contributed by atoms with Gasteiger partial charge in [0.25, 0.3) is 0 Å². The largest absolute Gasteiger partial charge is 0.464 e. The van der Waals surface area contributed by atoms with Crippen molar-refractivity contribution in [3.8, 4) is 0 Å². The summed E-state index contributed by atoms with van der Waals surface area (Å²) in [6.45, 7) is 8.80. The van der Waals surface area contributed by atoms with Crippen molar-refractivity contribution >= 4 is 18.4 Å². The highest BCUT2D eigenvalue weighted by Crippen LogP contribution is 2.21. The Balaban J connectivity index is 0.0000230. The van der Waals surface area contributed by atoms with Crippen LogP contribution in [0.1, 0.15) is 200 Å². The van der Waals surface area contributed by atoms with Gasteiger partial charge in [-0.15, -0.1) is 12.4 Å². The smallest absolute Gasteiger partial charge is 0.305 e. The quantitative estimate of drug-likeness (QED) is 0.0398. The summed E-state index contributed by atoms with van der Waals surface area (Å²) in [4.78, 5) is 17.2. The van der Waals surface area contributed by atoms with Crippen LogP contribution in [0, 0.1) is 0 Å². The van der Waals surface area contributed by atoms with Crippen molar-refractivity contribution in [3.63, 3.8) is 0 Å². The van der Waals surface area contributed by atoms with Gasteiger partial charge in [-0.05, 0) is 64.2 Å². The number of β-amino-alcohol motifs (C(OH)–C–C–N with tert-alkyl or cyclic N) is 1. The first-order chi connectivity index (χ1) is 23.7. The van der Waals surface area contributed by atoms with E-state index in [-0.39, 0.29) is 25.0 Å². The van der Waals surface area contributed by atoms with Crippen LogP contribution in [0.25, 0.3) is 0 Å². The molecule has 1 saturated heterocycles. The second-order valence-corrected chi connectivity index (χ2v) is 14.6. The molecule has 1 fully saturated rings. The second kappa shape index (κ2) is 38.4. The van der Waals surface area contributed by atoms with E-state index in [1.807, 2.05) is 0 Å². The van der Waals surface area contributed by atoms with Gasteiger partial charge < -0.3 is 9.84 Å². The minimum absolute atomic E-state index is 0. The molecule has 1 aliphatic rings. The molecule has 1 atom stereocenters. The Hall–Kier alpha value is -0.880. The number of unbranched alkanes of at least 4 members (excludes halogenated alkanes) is 23. The van der Waals surface area contributed by atoms with Crippen molar-refractivity contribution in [2.24, 2.45) is 0 Å². The number of allylic oxidation sites excluding steroid dienone is 4. The molecule has 6 heteroatoms. The van der Waals surface area contributed by atoms with Crippen molar-refractivity contribution in [1.82, 2.24) is 9.80 Å². The Morgan fingerprint density at radius 2 is 0.959 bits per heavy atom. The lowest BCUT2D eigenvalue weighted by atomic mass is 10.1. The molecule has 1 N–H and O–H groups in total. The molecule has 290 valence electrons. The van der Waals surface area contributed by atoms with Crippen LogP contribution in [-0.2, 0) is 9.53 Å². The van der Waals surface area contributed by atoms with Crippen LogP contribution in [0.2, 0.25) is 0 Å². The summed E-state index contributed by atoms with van der Waals surface area (Å²) in [5, 5.41) is 9.59. The third-order valence-corrected chi connectivity index (χ3v) is 10.2. The second-order valence-electron chi connectivity index (χ2n) is 14.6. The Bertz CT molecular complexity index is 747. The molecule has 0 spiro atoms. The van der Waals surface area contributed by atoms with Crippen LogP contribution in [0.15, 0.2) is 24.3 Å². The average molecular weight is 712 g/mol. The van der Waals surface area contributed by atoms with Gasteiger partial charge in [-0.2, -0.15) is 0 Å². The number of esters is 1. The van der Waals surface area contributed by atoms with Crippen molar-refractivity contribution in [2.45, 2.75) is 206 Å². The molecular weight excluding hydrogens is 628 g/mol. The normalized spacial score (nSPS) is 15.5. The standard InChI is InChI=1S/C43H82N2O3.ClH/c1-3-5-7-9-11-13-15-17-19-21-22-24-26-28-30-32-34-42-44(38-40-46)36-37-45(42)39-41-48-43(47)35-33-31-29-27-25-23-20-18-16-14-12-10-8-6-4-2;/h17-20,42,46H,3-16,21-41H2,1-2H3;1H. The SMILES string of the molecule is CCCCCCCCC=CCCCCCCCCC1N(CCO)CCN1CCOC(=O)CCCCCCCC=CCCCCCCCC.Cl.